The number of carbonyl (C=O) groups excluding carboxylic acids is 1. The highest BCUT2D eigenvalue weighted by atomic mass is 32.1. The number of hydrogen-bond donors (Lipinski definition) is 1. The Morgan fingerprint density at radius 1 is 1.08 bits per heavy atom. The van der Waals surface area contributed by atoms with Gasteiger partial charge in [0.1, 0.15) is 0 Å². The third-order valence-corrected chi connectivity index (χ3v) is 5.82. The number of benzene rings is 3. The van der Waals surface area contributed by atoms with Crippen LogP contribution in [0.15, 0.2) is 90.3 Å². The number of H-pyrrole nitrogens is 1. The second-order valence-corrected chi connectivity index (χ2v) is 8.24. The van der Waals surface area contributed by atoms with Gasteiger partial charge in [-0.25, -0.2) is 4.79 Å². The first-order valence-corrected chi connectivity index (χ1v) is 11.5. The van der Waals surface area contributed by atoms with Crippen molar-refractivity contribution in [2.24, 2.45) is 5.10 Å². The molecule has 0 unspecified atom stereocenters. The highest BCUT2D eigenvalue weighted by Crippen LogP contribution is 2.28. The van der Waals surface area contributed by atoms with Crippen LogP contribution in [0.1, 0.15) is 27.3 Å². The number of aromatic amines is 1. The molecule has 0 fully saturated rings. The Labute approximate surface area is 211 Å². The number of pyridine rings is 1. The Bertz CT molecular complexity index is 1620. The summed E-state index contributed by atoms with van der Waals surface area (Å²) in [5, 5.41) is 14.1. The molecule has 2 heterocycles. The van der Waals surface area contributed by atoms with Crippen LogP contribution in [0.4, 0.5) is 0 Å². The largest absolute Gasteiger partial charge is 0.493 e. The standard InChI is InChI=1S/C27H21N5O3S/c1-34-24-14-18(11-12-23(24)35-26(33)21-9-5-13-28-17-21)16-29-32-25(30-31-27(32)36)15-20-8-4-7-19-6-2-3-10-22(19)20/h2-14,16-17H,15H2,1H3,(H,31,36). The molecule has 0 bridgehead atoms. The highest BCUT2D eigenvalue weighted by molar-refractivity contribution is 7.71. The van der Waals surface area contributed by atoms with Crippen LogP contribution in [0.3, 0.4) is 0 Å². The summed E-state index contributed by atoms with van der Waals surface area (Å²) in [6.45, 7) is 0. The first-order valence-electron chi connectivity index (χ1n) is 11.1. The van der Waals surface area contributed by atoms with E-state index in [0.717, 1.165) is 21.9 Å². The summed E-state index contributed by atoms with van der Waals surface area (Å²) >= 11 is 5.41. The van der Waals surface area contributed by atoms with E-state index in [1.54, 1.807) is 47.4 Å². The molecule has 1 N–H and O–H groups in total. The van der Waals surface area contributed by atoms with Crippen molar-refractivity contribution in [3.63, 3.8) is 0 Å². The van der Waals surface area contributed by atoms with Crippen molar-refractivity contribution < 1.29 is 14.3 Å². The average Bonchev–Trinajstić information content (AvgIpc) is 3.27. The molecule has 0 aliphatic heterocycles. The normalized spacial score (nSPS) is 11.1. The number of hydrogen-bond acceptors (Lipinski definition) is 7. The first-order chi connectivity index (χ1) is 17.6. The van der Waals surface area contributed by atoms with Gasteiger partial charge < -0.3 is 9.47 Å². The van der Waals surface area contributed by atoms with Crippen LogP contribution >= 0.6 is 12.2 Å². The summed E-state index contributed by atoms with van der Waals surface area (Å²) in [7, 11) is 1.51. The number of nitrogens with zero attached hydrogens (tertiary/aromatic N) is 4. The zero-order valence-electron chi connectivity index (χ0n) is 19.3. The summed E-state index contributed by atoms with van der Waals surface area (Å²) in [5.74, 6) is 0.843. The van der Waals surface area contributed by atoms with Gasteiger partial charge in [-0.15, -0.1) is 0 Å². The predicted octanol–water partition coefficient (Wildman–Crippen LogP) is 5.19. The molecule has 0 saturated heterocycles. The van der Waals surface area contributed by atoms with Crippen molar-refractivity contribution in [2.45, 2.75) is 6.42 Å². The Morgan fingerprint density at radius 3 is 2.78 bits per heavy atom. The van der Waals surface area contributed by atoms with E-state index in [0.29, 0.717) is 34.1 Å². The van der Waals surface area contributed by atoms with Gasteiger partial charge in [-0.05, 0) is 64.4 Å². The Balaban J connectivity index is 1.38. The summed E-state index contributed by atoms with van der Waals surface area (Å²) in [6, 6.07) is 22.8. The minimum absolute atomic E-state index is 0.292. The number of fused-ring (bicyclic) bond motifs is 1. The Hall–Kier alpha value is -4.63. The molecule has 5 aromatic rings. The molecule has 0 aliphatic carbocycles. The fourth-order valence-electron chi connectivity index (χ4n) is 3.79. The molecule has 0 aliphatic rings. The Kier molecular flexibility index (Phi) is 6.63. The van der Waals surface area contributed by atoms with Gasteiger partial charge in [-0.2, -0.15) is 14.9 Å². The molecule has 9 heteroatoms. The zero-order chi connectivity index (χ0) is 24.9. The molecule has 5 rings (SSSR count). The second-order valence-electron chi connectivity index (χ2n) is 7.86. The Morgan fingerprint density at radius 2 is 1.94 bits per heavy atom. The van der Waals surface area contributed by atoms with Crippen LogP contribution in [-0.2, 0) is 6.42 Å². The molecule has 0 spiro atoms. The number of aromatic nitrogens is 4. The van der Waals surface area contributed by atoms with E-state index in [1.165, 1.54) is 13.3 Å². The number of ether oxygens (including phenoxy) is 2. The topological polar surface area (TPSA) is 94.4 Å². The van der Waals surface area contributed by atoms with E-state index in [1.807, 2.05) is 18.2 Å². The second kappa shape index (κ2) is 10.3. The van der Waals surface area contributed by atoms with E-state index in [-0.39, 0.29) is 0 Å². The fourth-order valence-corrected chi connectivity index (χ4v) is 3.99. The van der Waals surface area contributed by atoms with Gasteiger partial charge in [0.15, 0.2) is 17.3 Å². The summed E-state index contributed by atoms with van der Waals surface area (Å²) in [5.41, 5.74) is 2.20. The molecule has 3 aromatic carbocycles. The van der Waals surface area contributed by atoms with Crippen LogP contribution in [-0.4, -0.2) is 39.2 Å². The van der Waals surface area contributed by atoms with Crippen molar-refractivity contribution in [3.8, 4) is 11.5 Å². The van der Waals surface area contributed by atoms with Gasteiger partial charge in [0.25, 0.3) is 0 Å². The number of nitrogens with one attached hydrogen (secondary N) is 1. The van der Waals surface area contributed by atoms with Crippen molar-refractivity contribution >= 4 is 35.2 Å². The van der Waals surface area contributed by atoms with E-state index in [9.17, 15) is 4.79 Å². The number of rotatable bonds is 7. The van der Waals surface area contributed by atoms with Gasteiger partial charge in [0, 0.05) is 18.8 Å². The fraction of sp³-hybridized carbons (Fsp3) is 0.0741. The maximum absolute atomic E-state index is 12.4. The summed E-state index contributed by atoms with van der Waals surface area (Å²) in [6.07, 6.45) is 5.23. The van der Waals surface area contributed by atoms with Gasteiger partial charge in [0.05, 0.1) is 18.9 Å². The quantitative estimate of drug-likeness (QED) is 0.145. The van der Waals surface area contributed by atoms with Gasteiger partial charge in [-0.1, -0.05) is 42.5 Å². The van der Waals surface area contributed by atoms with Crippen LogP contribution in [0, 0.1) is 4.77 Å². The maximum atomic E-state index is 12.4. The first kappa shape index (κ1) is 23.1. The van der Waals surface area contributed by atoms with Crippen LogP contribution < -0.4 is 9.47 Å². The molecule has 0 amide bonds. The van der Waals surface area contributed by atoms with Crippen molar-refractivity contribution in [3.05, 3.63) is 112 Å². The number of esters is 1. The van der Waals surface area contributed by atoms with Gasteiger partial charge in [0.2, 0.25) is 4.77 Å². The van der Waals surface area contributed by atoms with Gasteiger partial charge in [-0.3, -0.25) is 10.1 Å². The lowest BCUT2D eigenvalue weighted by atomic mass is 10.0. The third-order valence-electron chi connectivity index (χ3n) is 5.56. The van der Waals surface area contributed by atoms with Crippen molar-refractivity contribution in [2.75, 3.05) is 7.11 Å². The van der Waals surface area contributed by atoms with E-state index in [2.05, 4.69) is 44.5 Å². The lowest BCUT2D eigenvalue weighted by Gasteiger charge is -2.10. The molecule has 8 nitrogen and oxygen atoms in total. The molecule has 0 saturated carbocycles. The smallest absolute Gasteiger partial charge is 0.345 e. The van der Waals surface area contributed by atoms with E-state index >= 15 is 0 Å². The van der Waals surface area contributed by atoms with Crippen LogP contribution in [0.2, 0.25) is 0 Å². The number of carbonyl (C=O) groups is 1. The molecule has 36 heavy (non-hydrogen) atoms. The van der Waals surface area contributed by atoms with Crippen LogP contribution in [0.25, 0.3) is 10.8 Å². The molecule has 0 radical (unpaired) electrons. The average molecular weight is 496 g/mol. The zero-order valence-corrected chi connectivity index (χ0v) is 20.1. The summed E-state index contributed by atoms with van der Waals surface area (Å²) in [4.78, 5) is 16.3. The summed E-state index contributed by atoms with van der Waals surface area (Å²) < 4.78 is 12.9. The van der Waals surface area contributed by atoms with E-state index in [4.69, 9.17) is 21.7 Å². The monoisotopic (exact) mass is 495 g/mol. The maximum Gasteiger partial charge on any atom is 0.345 e. The third kappa shape index (κ3) is 4.91. The molecule has 2 aromatic heterocycles. The molecular weight excluding hydrogens is 474 g/mol. The predicted molar refractivity (Wildman–Crippen MR) is 139 cm³/mol. The lowest BCUT2D eigenvalue weighted by molar-refractivity contribution is 0.0729. The van der Waals surface area contributed by atoms with Crippen LogP contribution in [0.5, 0.6) is 11.5 Å². The SMILES string of the molecule is COc1cc(C=Nn2c(Cc3cccc4ccccc34)n[nH]c2=S)ccc1OC(=O)c1cccnc1. The molecule has 0 atom stereocenters. The van der Waals surface area contributed by atoms with Crippen molar-refractivity contribution in [1.82, 2.24) is 19.9 Å². The lowest BCUT2D eigenvalue weighted by Crippen LogP contribution is -2.09. The minimum atomic E-state index is -0.523. The highest BCUT2D eigenvalue weighted by Gasteiger charge is 2.13. The van der Waals surface area contributed by atoms with Crippen molar-refractivity contribution in [1.29, 1.82) is 0 Å². The number of methoxy groups -OCH3 is 1. The minimum Gasteiger partial charge on any atom is -0.493 e. The molecular formula is C27H21N5O3S. The van der Waals surface area contributed by atoms with Gasteiger partial charge >= 0.3 is 5.97 Å². The molecule has 178 valence electrons. The van der Waals surface area contributed by atoms with E-state index < -0.39 is 5.97 Å².